The molecular weight excluding hydrogens is 262 g/mol. The first kappa shape index (κ1) is 13.8. The molecule has 0 unspecified atom stereocenters. The molecule has 102 valence electrons. The van der Waals surface area contributed by atoms with Crippen LogP contribution in [0, 0.1) is 0 Å². The quantitative estimate of drug-likeness (QED) is 0.731. The molecule has 3 N–H and O–H groups in total. The predicted octanol–water partition coefficient (Wildman–Crippen LogP) is 2.16. The standard InChI is InChI=1S/C13H17N3O2S/c1-8(2)14-6-5-12-15-16-13(19-12)9-3-4-10(17)11(18)7-9/h3-4,7-8,14,17-18H,5-6H2,1-2H3. The molecule has 0 fully saturated rings. The van der Waals surface area contributed by atoms with E-state index >= 15 is 0 Å². The summed E-state index contributed by atoms with van der Waals surface area (Å²) in [4.78, 5) is 0. The maximum absolute atomic E-state index is 9.47. The topological polar surface area (TPSA) is 78.3 Å². The van der Waals surface area contributed by atoms with Gasteiger partial charge in [0.15, 0.2) is 11.5 Å². The van der Waals surface area contributed by atoms with Crippen molar-refractivity contribution in [2.24, 2.45) is 0 Å². The van der Waals surface area contributed by atoms with E-state index in [1.54, 1.807) is 6.07 Å². The highest BCUT2D eigenvalue weighted by molar-refractivity contribution is 7.14. The average Bonchev–Trinajstić information content (AvgIpc) is 2.81. The van der Waals surface area contributed by atoms with Crippen molar-refractivity contribution in [1.29, 1.82) is 0 Å². The average molecular weight is 279 g/mol. The summed E-state index contributed by atoms with van der Waals surface area (Å²) in [7, 11) is 0. The molecule has 0 atom stereocenters. The number of aromatic nitrogens is 2. The molecule has 6 heteroatoms. The van der Waals surface area contributed by atoms with Gasteiger partial charge < -0.3 is 15.5 Å². The highest BCUT2D eigenvalue weighted by Gasteiger charge is 2.09. The van der Waals surface area contributed by atoms with Gasteiger partial charge in [-0.2, -0.15) is 0 Å². The number of benzene rings is 1. The van der Waals surface area contributed by atoms with Gasteiger partial charge in [0.1, 0.15) is 10.0 Å². The molecular formula is C13H17N3O2S. The Hall–Kier alpha value is -1.66. The van der Waals surface area contributed by atoms with Gasteiger partial charge in [-0.1, -0.05) is 25.2 Å². The van der Waals surface area contributed by atoms with Crippen LogP contribution in [0.5, 0.6) is 11.5 Å². The van der Waals surface area contributed by atoms with Crippen LogP contribution in [0.2, 0.25) is 0 Å². The van der Waals surface area contributed by atoms with Gasteiger partial charge in [0.25, 0.3) is 0 Å². The zero-order valence-corrected chi connectivity index (χ0v) is 11.7. The summed E-state index contributed by atoms with van der Waals surface area (Å²) in [5, 5.41) is 32.0. The highest BCUT2D eigenvalue weighted by atomic mass is 32.1. The Morgan fingerprint density at radius 2 is 2.00 bits per heavy atom. The summed E-state index contributed by atoms with van der Waals surface area (Å²) >= 11 is 1.50. The molecule has 1 heterocycles. The van der Waals surface area contributed by atoms with E-state index in [9.17, 15) is 10.2 Å². The molecule has 5 nitrogen and oxygen atoms in total. The van der Waals surface area contributed by atoms with Crippen molar-refractivity contribution in [3.05, 3.63) is 23.2 Å². The Labute approximate surface area is 115 Å². The summed E-state index contributed by atoms with van der Waals surface area (Å²) in [5.74, 6) is -0.273. The molecule has 2 rings (SSSR count). The Balaban J connectivity index is 2.05. The van der Waals surface area contributed by atoms with Crippen molar-refractivity contribution in [2.75, 3.05) is 6.54 Å². The second-order valence-electron chi connectivity index (χ2n) is 4.56. The highest BCUT2D eigenvalue weighted by Crippen LogP contribution is 2.31. The molecule has 0 bridgehead atoms. The summed E-state index contributed by atoms with van der Waals surface area (Å²) in [6, 6.07) is 5.12. The molecule has 0 spiro atoms. The van der Waals surface area contributed by atoms with Crippen LogP contribution < -0.4 is 5.32 Å². The Morgan fingerprint density at radius 3 is 2.68 bits per heavy atom. The smallest absolute Gasteiger partial charge is 0.158 e. The van der Waals surface area contributed by atoms with E-state index < -0.39 is 0 Å². The van der Waals surface area contributed by atoms with Crippen LogP contribution in [-0.4, -0.2) is 33.0 Å². The fraction of sp³-hybridized carbons (Fsp3) is 0.385. The number of aromatic hydroxyl groups is 2. The van der Waals surface area contributed by atoms with Crippen molar-refractivity contribution >= 4 is 11.3 Å². The zero-order chi connectivity index (χ0) is 13.8. The third-order valence-electron chi connectivity index (χ3n) is 2.58. The minimum absolute atomic E-state index is 0.130. The molecule has 19 heavy (non-hydrogen) atoms. The van der Waals surface area contributed by atoms with Crippen molar-refractivity contribution < 1.29 is 10.2 Å². The summed E-state index contributed by atoms with van der Waals surface area (Å²) in [5.41, 5.74) is 0.760. The Morgan fingerprint density at radius 1 is 1.21 bits per heavy atom. The number of rotatable bonds is 5. The van der Waals surface area contributed by atoms with Gasteiger partial charge in [-0.05, 0) is 18.2 Å². The lowest BCUT2D eigenvalue weighted by Crippen LogP contribution is -2.24. The number of nitrogens with one attached hydrogen (secondary N) is 1. The minimum Gasteiger partial charge on any atom is -0.504 e. The Bertz CT molecular complexity index is 555. The molecule has 0 radical (unpaired) electrons. The van der Waals surface area contributed by atoms with Gasteiger partial charge >= 0.3 is 0 Å². The van der Waals surface area contributed by atoms with Crippen LogP contribution in [0.1, 0.15) is 18.9 Å². The van der Waals surface area contributed by atoms with Gasteiger partial charge in [-0.25, -0.2) is 0 Å². The molecule has 0 amide bonds. The lowest BCUT2D eigenvalue weighted by molar-refractivity contribution is 0.404. The lowest BCUT2D eigenvalue weighted by atomic mass is 10.2. The number of nitrogens with zero attached hydrogens (tertiary/aromatic N) is 2. The van der Waals surface area contributed by atoms with E-state index in [1.807, 2.05) is 0 Å². The van der Waals surface area contributed by atoms with E-state index in [2.05, 4.69) is 29.4 Å². The van der Waals surface area contributed by atoms with Gasteiger partial charge in [0.2, 0.25) is 0 Å². The molecule has 0 aliphatic heterocycles. The van der Waals surface area contributed by atoms with E-state index in [-0.39, 0.29) is 11.5 Å². The van der Waals surface area contributed by atoms with E-state index in [0.717, 1.165) is 28.5 Å². The van der Waals surface area contributed by atoms with Crippen molar-refractivity contribution in [1.82, 2.24) is 15.5 Å². The normalized spacial score (nSPS) is 11.1. The summed E-state index contributed by atoms with van der Waals surface area (Å²) in [6.07, 6.45) is 0.833. The monoisotopic (exact) mass is 279 g/mol. The third-order valence-corrected chi connectivity index (χ3v) is 3.61. The lowest BCUT2D eigenvalue weighted by Gasteiger charge is -2.05. The third kappa shape index (κ3) is 3.65. The molecule has 0 aliphatic rings. The molecule has 1 aromatic carbocycles. The zero-order valence-electron chi connectivity index (χ0n) is 10.9. The largest absolute Gasteiger partial charge is 0.504 e. The fourth-order valence-electron chi connectivity index (χ4n) is 1.60. The maximum atomic E-state index is 9.47. The number of hydrogen-bond acceptors (Lipinski definition) is 6. The first-order valence-corrected chi connectivity index (χ1v) is 6.96. The van der Waals surface area contributed by atoms with Gasteiger partial charge in [0.05, 0.1) is 0 Å². The van der Waals surface area contributed by atoms with Crippen LogP contribution in [0.15, 0.2) is 18.2 Å². The second kappa shape index (κ2) is 5.99. The molecule has 1 aromatic heterocycles. The van der Waals surface area contributed by atoms with Gasteiger partial charge in [0, 0.05) is 24.6 Å². The van der Waals surface area contributed by atoms with Crippen molar-refractivity contribution in [2.45, 2.75) is 26.3 Å². The molecule has 0 saturated heterocycles. The van der Waals surface area contributed by atoms with E-state index in [1.165, 1.54) is 23.5 Å². The number of phenols is 2. The van der Waals surface area contributed by atoms with Gasteiger partial charge in [-0.3, -0.25) is 0 Å². The molecule has 0 aliphatic carbocycles. The van der Waals surface area contributed by atoms with Crippen molar-refractivity contribution in [3.8, 4) is 22.1 Å². The molecule has 0 saturated carbocycles. The second-order valence-corrected chi connectivity index (χ2v) is 5.63. The first-order chi connectivity index (χ1) is 9.06. The van der Waals surface area contributed by atoms with E-state index in [0.29, 0.717) is 6.04 Å². The van der Waals surface area contributed by atoms with Crippen LogP contribution in [0.4, 0.5) is 0 Å². The molecule has 2 aromatic rings. The summed E-state index contributed by atoms with van der Waals surface area (Å²) < 4.78 is 0. The van der Waals surface area contributed by atoms with Crippen LogP contribution in [0.3, 0.4) is 0 Å². The maximum Gasteiger partial charge on any atom is 0.158 e. The number of phenolic OH excluding ortho intramolecular Hbond substituents is 2. The van der Waals surface area contributed by atoms with E-state index in [4.69, 9.17) is 0 Å². The van der Waals surface area contributed by atoms with Crippen molar-refractivity contribution in [3.63, 3.8) is 0 Å². The summed E-state index contributed by atoms with van der Waals surface area (Å²) in [6.45, 7) is 5.07. The Kier molecular flexibility index (Phi) is 4.34. The van der Waals surface area contributed by atoms with Crippen LogP contribution in [0.25, 0.3) is 10.6 Å². The van der Waals surface area contributed by atoms with Crippen LogP contribution in [-0.2, 0) is 6.42 Å². The fourth-order valence-corrected chi connectivity index (χ4v) is 2.43. The minimum atomic E-state index is -0.143. The first-order valence-electron chi connectivity index (χ1n) is 6.14. The predicted molar refractivity (Wildman–Crippen MR) is 75.5 cm³/mol. The van der Waals surface area contributed by atoms with Gasteiger partial charge in [-0.15, -0.1) is 10.2 Å². The van der Waals surface area contributed by atoms with Crippen LogP contribution >= 0.6 is 11.3 Å². The number of hydrogen-bond donors (Lipinski definition) is 3. The SMILES string of the molecule is CC(C)NCCc1nnc(-c2ccc(O)c(O)c2)s1.